The highest BCUT2D eigenvalue weighted by Crippen LogP contribution is 2.32. The van der Waals surface area contributed by atoms with Gasteiger partial charge in [-0.2, -0.15) is 0 Å². The fourth-order valence-corrected chi connectivity index (χ4v) is 2.05. The van der Waals surface area contributed by atoms with E-state index in [-0.39, 0.29) is 18.0 Å². The second-order valence-electron chi connectivity index (χ2n) is 4.87. The number of nitro benzene ring substituents is 1. The van der Waals surface area contributed by atoms with Crippen LogP contribution in [0.5, 0.6) is 11.5 Å². The maximum atomic E-state index is 11.3. The van der Waals surface area contributed by atoms with Crippen molar-refractivity contribution in [3.63, 3.8) is 0 Å². The lowest BCUT2D eigenvalue weighted by Crippen LogP contribution is -2.00. The molecule has 2 aromatic carbocycles. The van der Waals surface area contributed by atoms with Crippen LogP contribution in [0.4, 0.5) is 5.69 Å². The van der Waals surface area contributed by atoms with Crippen LogP contribution in [-0.2, 0) is 6.61 Å². The molecule has 0 aromatic heterocycles. The number of hydrogen-bond donors (Lipinski definition) is 0. The third kappa shape index (κ3) is 4.57. The van der Waals surface area contributed by atoms with E-state index in [0.29, 0.717) is 5.75 Å². The average molecular weight is 313 g/mol. The molecule has 0 spiro atoms. The predicted molar refractivity (Wildman–Crippen MR) is 88.5 cm³/mol. The third-order valence-corrected chi connectivity index (χ3v) is 3.28. The van der Waals surface area contributed by atoms with Gasteiger partial charge in [-0.15, -0.1) is 0 Å². The van der Waals surface area contributed by atoms with Crippen LogP contribution in [0.25, 0.3) is 0 Å². The van der Waals surface area contributed by atoms with Gasteiger partial charge in [0.25, 0.3) is 0 Å². The standard InChI is InChI=1S/C18H19NO4/c1-3-15(4-2)23-16-10-11-18(17(12-16)19(20)21)22-13-14-8-6-5-7-9-14/h3,5-12H,4,13H2,1-2H3. The second-order valence-corrected chi connectivity index (χ2v) is 4.87. The minimum Gasteiger partial charge on any atom is -0.482 e. The molecule has 5 heteroatoms. The molecule has 2 rings (SSSR count). The predicted octanol–water partition coefficient (Wildman–Crippen LogP) is 4.87. The number of nitro groups is 1. The van der Waals surface area contributed by atoms with E-state index in [2.05, 4.69) is 0 Å². The summed E-state index contributed by atoms with van der Waals surface area (Å²) in [6.07, 6.45) is 2.56. The molecule has 0 unspecified atom stereocenters. The topological polar surface area (TPSA) is 61.6 Å². The van der Waals surface area contributed by atoms with Crippen molar-refractivity contribution in [3.8, 4) is 11.5 Å². The van der Waals surface area contributed by atoms with E-state index >= 15 is 0 Å². The van der Waals surface area contributed by atoms with Gasteiger partial charge in [0.05, 0.1) is 16.7 Å². The summed E-state index contributed by atoms with van der Waals surface area (Å²) in [7, 11) is 0. The molecule has 23 heavy (non-hydrogen) atoms. The number of benzene rings is 2. The normalized spacial score (nSPS) is 11.1. The van der Waals surface area contributed by atoms with Gasteiger partial charge in [0.15, 0.2) is 5.75 Å². The fourth-order valence-electron chi connectivity index (χ4n) is 2.05. The lowest BCUT2D eigenvalue weighted by molar-refractivity contribution is -0.386. The summed E-state index contributed by atoms with van der Waals surface area (Å²) in [5, 5.41) is 11.3. The van der Waals surface area contributed by atoms with E-state index in [9.17, 15) is 10.1 Å². The van der Waals surface area contributed by atoms with E-state index in [4.69, 9.17) is 9.47 Å². The van der Waals surface area contributed by atoms with Gasteiger partial charge in [0, 0.05) is 6.42 Å². The lowest BCUT2D eigenvalue weighted by atomic mass is 10.2. The Kier molecular flexibility index (Phi) is 5.74. The Balaban J connectivity index is 2.18. The van der Waals surface area contributed by atoms with Gasteiger partial charge < -0.3 is 9.47 Å². The minimum atomic E-state index is -0.464. The van der Waals surface area contributed by atoms with Crippen LogP contribution in [-0.4, -0.2) is 4.92 Å². The molecule has 0 aliphatic rings. The molecule has 0 aliphatic carbocycles. The third-order valence-electron chi connectivity index (χ3n) is 3.28. The van der Waals surface area contributed by atoms with Crippen molar-refractivity contribution in [2.45, 2.75) is 26.9 Å². The van der Waals surface area contributed by atoms with Crippen molar-refractivity contribution in [2.24, 2.45) is 0 Å². The van der Waals surface area contributed by atoms with Gasteiger partial charge in [-0.1, -0.05) is 37.3 Å². The second kappa shape index (κ2) is 7.98. The first kappa shape index (κ1) is 16.5. The zero-order valence-electron chi connectivity index (χ0n) is 13.2. The summed E-state index contributed by atoms with van der Waals surface area (Å²) in [4.78, 5) is 10.8. The van der Waals surface area contributed by atoms with E-state index in [1.54, 1.807) is 12.1 Å². The number of allylic oxidation sites excluding steroid dienone is 2. The van der Waals surface area contributed by atoms with Gasteiger partial charge in [-0.3, -0.25) is 10.1 Å². The molecule has 0 saturated carbocycles. The summed E-state index contributed by atoms with van der Waals surface area (Å²) >= 11 is 0. The van der Waals surface area contributed by atoms with E-state index in [1.807, 2.05) is 50.3 Å². The quantitative estimate of drug-likeness (QED) is 0.416. The van der Waals surface area contributed by atoms with Gasteiger partial charge >= 0.3 is 5.69 Å². The van der Waals surface area contributed by atoms with Gasteiger partial charge in [0.2, 0.25) is 0 Å². The molecule has 5 nitrogen and oxygen atoms in total. The molecule has 120 valence electrons. The van der Waals surface area contributed by atoms with Crippen molar-refractivity contribution in [3.05, 3.63) is 76.0 Å². The highest BCUT2D eigenvalue weighted by molar-refractivity contribution is 5.51. The number of rotatable bonds is 7. The maximum absolute atomic E-state index is 11.3. The molecule has 0 heterocycles. The zero-order chi connectivity index (χ0) is 16.7. The van der Waals surface area contributed by atoms with Crippen LogP contribution in [0.3, 0.4) is 0 Å². The van der Waals surface area contributed by atoms with Gasteiger partial charge in [-0.25, -0.2) is 0 Å². The Labute approximate surface area is 135 Å². The Morgan fingerprint density at radius 1 is 1.22 bits per heavy atom. The molecule has 0 N–H and O–H groups in total. The summed E-state index contributed by atoms with van der Waals surface area (Å²) in [6.45, 7) is 4.10. The number of nitrogens with zero attached hydrogens (tertiary/aromatic N) is 1. The minimum absolute atomic E-state index is 0.106. The van der Waals surface area contributed by atoms with Crippen molar-refractivity contribution in [1.82, 2.24) is 0 Å². The summed E-state index contributed by atoms with van der Waals surface area (Å²) in [5.74, 6) is 1.42. The zero-order valence-corrected chi connectivity index (χ0v) is 13.2. The molecule has 2 aromatic rings. The van der Waals surface area contributed by atoms with E-state index < -0.39 is 4.92 Å². The maximum Gasteiger partial charge on any atom is 0.314 e. The van der Waals surface area contributed by atoms with Crippen molar-refractivity contribution >= 4 is 5.69 Å². The van der Waals surface area contributed by atoms with Gasteiger partial charge in [0.1, 0.15) is 12.4 Å². The number of ether oxygens (including phenoxy) is 2. The Hall–Kier alpha value is -2.82. The van der Waals surface area contributed by atoms with Crippen LogP contribution in [0.1, 0.15) is 25.8 Å². The van der Waals surface area contributed by atoms with Crippen LogP contribution in [0.15, 0.2) is 60.4 Å². The molecule has 0 bridgehead atoms. The Bertz CT molecular complexity index is 695. The first-order valence-corrected chi connectivity index (χ1v) is 7.42. The van der Waals surface area contributed by atoms with Crippen molar-refractivity contribution < 1.29 is 14.4 Å². The van der Waals surface area contributed by atoms with Crippen LogP contribution in [0.2, 0.25) is 0 Å². The van der Waals surface area contributed by atoms with Crippen LogP contribution in [0, 0.1) is 10.1 Å². The molecular formula is C18H19NO4. The van der Waals surface area contributed by atoms with Crippen LogP contribution >= 0.6 is 0 Å². The first-order chi connectivity index (χ1) is 11.1. The van der Waals surface area contributed by atoms with E-state index in [1.165, 1.54) is 6.07 Å². The summed E-state index contributed by atoms with van der Waals surface area (Å²) in [6, 6.07) is 14.1. The van der Waals surface area contributed by atoms with Crippen molar-refractivity contribution in [2.75, 3.05) is 0 Å². The SMILES string of the molecule is CC=C(CC)Oc1ccc(OCc2ccccc2)c([N+](=O)[O-])c1. The molecule has 0 aliphatic heterocycles. The van der Waals surface area contributed by atoms with Crippen molar-refractivity contribution in [1.29, 1.82) is 0 Å². The largest absolute Gasteiger partial charge is 0.482 e. The molecule has 0 atom stereocenters. The Morgan fingerprint density at radius 3 is 2.57 bits per heavy atom. The molecule has 0 amide bonds. The molecule has 0 fully saturated rings. The first-order valence-electron chi connectivity index (χ1n) is 7.42. The van der Waals surface area contributed by atoms with E-state index in [0.717, 1.165) is 17.7 Å². The highest BCUT2D eigenvalue weighted by atomic mass is 16.6. The molecular weight excluding hydrogens is 294 g/mol. The summed E-state index contributed by atoms with van der Waals surface area (Å²) in [5.41, 5.74) is 0.842. The monoisotopic (exact) mass is 313 g/mol. The summed E-state index contributed by atoms with van der Waals surface area (Å²) < 4.78 is 11.2. The van der Waals surface area contributed by atoms with Gasteiger partial charge in [-0.05, 0) is 30.7 Å². The lowest BCUT2D eigenvalue weighted by Gasteiger charge is -2.10. The highest BCUT2D eigenvalue weighted by Gasteiger charge is 2.17. The molecule has 0 radical (unpaired) electrons. The van der Waals surface area contributed by atoms with Crippen LogP contribution < -0.4 is 9.47 Å². The fraction of sp³-hybridized carbons (Fsp3) is 0.222. The number of hydrogen-bond acceptors (Lipinski definition) is 4. The average Bonchev–Trinajstić information content (AvgIpc) is 2.59. The molecule has 0 saturated heterocycles. The Morgan fingerprint density at radius 2 is 1.96 bits per heavy atom. The smallest absolute Gasteiger partial charge is 0.314 e.